The molecule has 2 aromatic heterocycles. The average Bonchev–Trinajstić information content (AvgIpc) is 3.93. The molecule has 0 spiro atoms. The Kier molecular flexibility index (Phi) is 14.1. The van der Waals surface area contributed by atoms with E-state index in [1.54, 1.807) is 12.1 Å². The molecule has 0 N–H and O–H groups in total. The fourth-order valence-electron chi connectivity index (χ4n) is 6.14. The van der Waals surface area contributed by atoms with Gasteiger partial charge in [-0.3, -0.25) is 0 Å². The van der Waals surface area contributed by atoms with Gasteiger partial charge in [-0.1, -0.05) is 10.2 Å². The minimum atomic E-state index is -7.22. The Hall–Kier alpha value is -6.55. The molecule has 0 aliphatic heterocycles. The van der Waals surface area contributed by atoms with Gasteiger partial charge < -0.3 is 8.83 Å². The van der Waals surface area contributed by atoms with Gasteiger partial charge in [-0.25, -0.2) is 87.8 Å². The summed E-state index contributed by atoms with van der Waals surface area (Å²) in [5, 5.41) is 6.86. The van der Waals surface area contributed by atoms with Crippen molar-refractivity contribution in [3.63, 3.8) is 0 Å². The molecule has 4 aromatic carbocycles. The van der Waals surface area contributed by atoms with Crippen LogP contribution >= 0.6 is 0 Å². The molecule has 0 saturated carbocycles. The second-order valence-corrected chi connectivity index (χ2v) is 14.8. The largest absolute Gasteiger partial charge is 0.442 e. The standard InChI is InChI=1S/C24BF20.C10H8IN6O2/c26-5-1(6(27)14(35)21(42)13(5)34)25(2-7(28)15(36)22(43)16(37)8(2)29,3-9(30)17(38)23(44)18(39)10(3)31)4-11(32)19(40)24(45)20(41)12(4)33;12-16-14-5-7-1-3-9(18-7)11-10-4-2-8(19-10)6-15-17-13/h;1-4H,5-6H2/q-1;+1. The molecule has 0 radical (unpaired) electrons. The fourth-order valence-corrected chi connectivity index (χ4v) is 8.17. The van der Waals surface area contributed by atoms with E-state index in [9.17, 15) is 52.7 Å². The lowest BCUT2D eigenvalue weighted by atomic mass is 9.12. The quantitative estimate of drug-likeness (QED) is 0.0229. The summed E-state index contributed by atoms with van der Waals surface area (Å²) in [4.78, 5) is 5.34. The minimum Gasteiger partial charge on any atom is -0.423 e. The van der Waals surface area contributed by atoms with Crippen LogP contribution in [0.25, 0.3) is 20.9 Å². The number of hydrogen-bond donors (Lipinski definition) is 0. The van der Waals surface area contributed by atoms with E-state index >= 15 is 35.1 Å². The molecular weight excluding hydrogens is 1040 g/mol. The summed E-state index contributed by atoms with van der Waals surface area (Å²) in [5.41, 5.74) is 2.11. The van der Waals surface area contributed by atoms with Crippen LogP contribution in [-0.4, -0.2) is 6.15 Å². The van der Waals surface area contributed by atoms with Gasteiger partial charge in [-0.2, -0.15) is 0 Å². The highest BCUT2D eigenvalue weighted by Gasteiger charge is 2.52. The molecule has 6 rings (SSSR count). The molecule has 0 aliphatic carbocycles. The van der Waals surface area contributed by atoms with Gasteiger partial charge >= 0.3 is 28.7 Å². The zero-order chi connectivity index (χ0) is 47.9. The lowest BCUT2D eigenvalue weighted by Gasteiger charge is -2.44. The Bertz CT molecular complexity index is 2530. The molecule has 0 unspecified atom stereocenters. The maximum Gasteiger partial charge on any atom is 0.442 e. The van der Waals surface area contributed by atoms with E-state index in [0.29, 0.717) is 11.5 Å². The third-order valence-electron chi connectivity index (χ3n) is 8.73. The fraction of sp³-hybridized carbons (Fsp3) is 0.0588. The summed E-state index contributed by atoms with van der Waals surface area (Å²) in [5.74, 6) is -70.1. The predicted octanol–water partition coefficient (Wildman–Crippen LogP) is 6.47. The van der Waals surface area contributed by atoms with Gasteiger partial charge in [0.2, 0.25) is 0 Å². The highest BCUT2D eigenvalue weighted by Crippen LogP contribution is 2.30. The molecule has 0 bridgehead atoms. The van der Waals surface area contributed by atoms with Gasteiger partial charge in [-0.15, -0.1) is 21.9 Å². The van der Waals surface area contributed by atoms with Crippen LogP contribution in [0.3, 0.4) is 0 Å². The molecule has 336 valence electrons. The highest BCUT2D eigenvalue weighted by molar-refractivity contribution is 7.20. The number of nitrogens with zero attached hydrogens (tertiary/aromatic N) is 6. The number of halogens is 21. The molecule has 0 atom stereocenters. The van der Waals surface area contributed by atoms with Crippen molar-refractivity contribution in [2.75, 3.05) is 0 Å². The van der Waals surface area contributed by atoms with Crippen LogP contribution in [0.15, 0.2) is 43.3 Å². The van der Waals surface area contributed by atoms with E-state index in [2.05, 4.69) is 20.1 Å². The van der Waals surface area contributed by atoms with Gasteiger partial charge in [0.25, 0.3) is 0 Å². The Labute approximate surface area is 349 Å². The summed E-state index contributed by atoms with van der Waals surface area (Å²) < 4.78 is 307. The third kappa shape index (κ3) is 7.99. The van der Waals surface area contributed by atoms with Crippen molar-refractivity contribution in [1.29, 1.82) is 0 Å². The Morgan fingerprint density at radius 1 is 0.359 bits per heavy atom. The van der Waals surface area contributed by atoms with Crippen LogP contribution < -0.4 is 43.1 Å². The summed E-state index contributed by atoms with van der Waals surface area (Å²) >= 11 is -0.564. The molecular formula is C34H8BF20IN6O2. The van der Waals surface area contributed by atoms with Crippen molar-refractivity contribution in [3.8, 4) is 0 Å². The zero-order valence-corrected chi connectivity index (χ0v) is 31.9. The molecule has 0 aliphatic rings. The van der Waals surface area contributed by atoms with Crippen molar-refractivity contribution >= 4 is 28.0 Å². The lowest BCUT2D eigenvalue weighted by Crippen LogP contribution is -3.61. The van der Waals surface area contributed by atoms with Crippen LogP contribution in [0, 0.1) is 124 Å². The van der Waals surface area contributed by atoms with Crippen LogP contribution in [-0.2, 0) is 13.1 Å². The summed E-state index contributed by atoms with van der Waals surface area (Å²) in [6.07, 6.45) is -7.22. The first-order chi connectivity index (χ1) is 30.0. The van der Waals surface area contributed by atoms with Crippen molar-refractivity contribution in [3.05, 3.63) is 181 Å². The molecule has 2 heterocycles. The topological polar surface area (TPSA) is 124 Å². The third-order valence-corrected chi connectivity index (χ3v) is 11.0. The number of rotatable bonds is 10. The van der Waals surface area contributed by atoms with Crippen LogP contribution in [0.2, 0.25) is 0 Å². The van der Waals surface area contributed by atoms with Crippen molar-refractivity contribution in [2.45, 2.75) is 13.1 Å². The van der Waals surface area contributed by atoms with Gasteiger partial charge in [0.05, 0.1) is 13.1 Å². The van der Waals surface area contributed by atoms with E-state index in [1.807, 2.05) is 12.1 Å². The number of benzene rings is 4. The van der Waals surface area contributed by atoms with Crippen molar-refractivity contribution in [1.82, 2.24) is 0 Å². The Morgan fingerprint density at radius 3 is 0.766 bits per heavy atom. The normalized spacial score (nSPS) is 11.3. The van der Waals surface area contributed by atoms with E-state index in [0.717, 1.165) is 7.53 Å². The second-order valence-electron chi connectivity index (χ2n) is 12.1. The molecule has 0 fully saturated rings. The van der Waals surface area contributed by atoms with Crippen molar-refractivity contribution < 1.29 is 118 Å². The van der Waals surface area contributed by atoms with Crippen molar-refractivity contribution in [2.24, 2.45) is 10.2 Å². The monoisotopic (exact) mass is 1050 g/mol. The van der Waals surface area contributed by atoms with Crippen LogP contribution in [0.4, 0.5) is 87.8 Å². The first kappa shape index (κ1) is 48.5. The number of furan rings is 2. The van der Waals surface area contributed by atoms with Crippen LogP contribution in [0.5, 0.6) is 0 Å². The summed E-state index contributed by atoms with van der Waals surface area (Å²) in [6.45, 7) is 0.418. The molecule has 6 aromatic rings. The Morgan fingerprint density at radius 2 is 0.562 bits per heavy atom. The van der Waals surface area contributed by atoms with E-state index in [1.165, 1.54) is 0 Å². The maximum atomic E-state index is 15.4. The maximum absolute atomic E-state index is 15.4. The van der Waals surface area contributed by atoms with E-state index in [4.69, 9.17) is 19.9 Å². The minimum absolute atomic E-state index is 0.209. The van der Waals surface area contributed by atoms with E-state index in [-0.39, 0.29) is 13.1 Å². The second kappa shape index (κ2) is 18.7. The van der Waals surface area contributed by atoms with Crippen LogP contribution in [0.1, 0.15) is 11.5 Å². The van der Waals surface area contributed by atoms with Gasteiger partial charge in [0.1, 0.15) is 64.2 Å². The first-order valence-corrected chi connectivity index (χ1v) is 18.2. The molecule has 0 amide bonds. The van der Waals surface area contributed by atoms with Gasteiger partial charge in [0.15, 0.2) is 69.8 Å². The predicted molar refractivity (Wildman–Crippen MR) is 170 cm³/mol. The highest BCUT2D eigenvalue weighted by atomic mass is 127. The van der Waals surface area contributed by atoms with Gasteiger partial charge in [-0.05, 0) is 23.2 Å². The van der Waals surface area contributed by atoms with Gasteiger partial charge in [0, 0.05) is 22.0 Å². The lowest BCUT2D eigenvalue weighted by molar-refractivity contribution is -0.636. The number of hydrogen-bond acceptors (Lipinski definition) is 4. The molecule has 8 nitrogen and oxygen atoms in total. The SMILES string of the molecule is Fc1c(F)c(F)c([B-](c2c(F)c(F)c(F)c(F)c2F)(c2c(F)c(F)c(F)c(F)c2F)c2c(F)c(F)c(F)c(F)c2F)c(F)c1F.[N-]=[N+]=NCc1ccc([I+]c2ccc(CN=[N+]=[N-])o2)o1. The number of azide groups is 2. The molecule has 64 heavy (non-hydrogen) atoms. The summed E-state index contributed by atoms with van der Waals surface area (Å²) in [6, 6.07) is 7.28. The molecule has 0 saturated heterocycles. The molecule has 30 heteroatoms. The summed E-state index contributed by atoms with van der Waals surface area (Å²) in [7, 11) is 0. The zero-order valence-electron chi connectivity index (χ0n) is 29.7. The smallest absolute Gasteiger partial charge is 0.423 e. The first-order valence-electron chi connectivity index (χ1n) is 16.1. The average molecular weight is 1050 g/mol. The van der Waals surface area contributed by atoms with E-state index < -0.39 is 166 Å². The Balaban J connectivity index is 0.000000337.